The van der Waals surface area contributed by atoms with E-state index in [2.05, 4.69) is 33.3 Å². The van der Waals surface area contributed by atoms with Gasteiger partial charge >= 0.3 is 12.1 Å². The standard InChI is InChI=1S/C16H31NO5S/c1-15(2,3)21-14(20)17-10-11(9-12(17)13(18)19)22-23(7,8)16(4,5)6/h11-12H,9-10H2,1-8H3,(H,18,19)/t11-,12+/m1/s1. The van der Waals surface area contributed by atoms with Gasteiger partial charge in [-0.1, -0.05) is 20.8 Å². The summed E-state index contributed by atoms with van der Waals surface area (Å²) in [4.78, 5) is 25.0. The smallest absolute Gasteiger partial charge is 0.411 e. The lowest BCUT2D eigenvalue weighted by Gasteiger charge is -2.45. The van der Waals surface area contributed by atoms with Crippen LogP contribution in [0.5, 0.6) is 0 Å². The van der Waals surface area contributed by atoms with Crippen LogP contribution in [-0.2, 0) is 13.7 Å². The molecule has 0 bridgehead atoms. The van der Waals surface area contributed by atoms with Crippen molar-refractivity contribution in [3.63, 3.8) is 0 Å². The molecule has 0 radical (unpaired) electrons. The van der Waals surface area contributed by atoms with Crippen LogP contribution in [0, 0.1) is 0 Å². The van der Waals surface area contributed by atoms with Gasteiger partial charge in [0.15, 0.2) is 0 Å². The highest BCUT2D eigenvalue weighted by Gasteiger charge is 2.44. The van der Waals surface area contributed by atoms with Crippen molar-refractivity contribution >= 4 is 22.4 Å². The summed E-state index contributed by atoms with van der Waals surface area (Å²) in [6.07, 6.45) is 3.55. The van der Waals surface area contributed by atoms with E-state index in [4.69, 9.17) is 8.92 Å². The highest BCUT2D eigenvalue weighted by atomic mass is 32.3. The largest absolute Gasteiger partial charge is 0.480 e. The quantitative estimate of drug-likeness (QED) is 0.846. The topological polar surface area (TPSA) is 76.1 Å². The third kappa shape index (κ3) is 5.28. The Labute approximate surface area is 141 Å². The lowest BCUT2D eigenvalue weighted by molar-refractivity contribution is -0.142. The second-order valence-electron chi connectivity index (χ2n) is 8.29. The molecular weight excluding hydrogens is 318 g/mol. The van der Waals surface area contributed by atoms with Gasteiger partial charge in [-0.25, -0.2) is 9.59 Å². The summed E-state index contributed by atoms with van der Waals surface area (Å²) in [7, 11) is -1.39. The predicted octanol–water partition coefficient (Wildman–Crippen LogP) is 3.24. The summed E-state index contributed by atoms with van der Waals surface area (Å²) in [5.74, 6) is -1.02. The molecule has 2 atom stereocenters. The first-order valence-electron chi connectivity index (χ1n) is 7.77. The molecule has 1 saturated heterocycles. The van der Waals surface area contributed by atoms with E-state index in [1.807, 2.05) is 0 Å². The number of rotatable bonds is 3. The number of ether oxygens (including phenoxy) is 1. The van der Waals surface area contributed by atoms with Crippen molar-refractivity contribution in [3.05, 3.63) is 0 Å². The number of aliphatic carboxylic acids is 1. The zero-order chi connectivity index (χ0) is 18.2. The van der Waals surface area contributed by atoms with E-state index in [1.54, 1.807) is 20.8 Å². The highest BCUT2D eigenvalue weighted by Crippen LogP contribution is 2.55. The maximum Gasteiger partial charge on any atom is 0.411 e. The third-order valence-corrected chi connectivity index (χ3v) is 7.73. The van der Waals surface area contributed by atoms with E-state index in [-0.39, 0.29) is 17.4 Å². The lowest BCUT2D eigenvalue weighted by Crippen LogP contribution is -2.43. The molecule has 0 spiro atoms. The number of carbonyl (C=O) groups excluding carboxylic acids is 1. The molecule has 1 amide bonds. The molecule has 0 aromatic rings. The molecule has 23 heavy (non-hydrogen) atoms. The van der Waals surface area contributed by atoms with Crippen LogP contribution in [0.25, 0.3) is 0 Å². The fraction of sp³-hybridized carbons (Fsp3) is 0.875. The number of hydrogen-bond donors (Lipinski definition) is 1. The van der Waals surface area contributed by atoms with Crippen molar-refractivity contribution in [2.45, 2.75) is 70.5 Å². The van der Waals surface area contributed by atoms with Gasteiger partial charge < -0.3 is 14.0 Å². The van der Waals surface area contributed by atoms with Crippen LogP contribution >= 0.6 is 10.3 Å². The highest BCUT2D eigenvalue weighted by molar-refractivity contribution is 8.29. The Morgan fingerprint density at radius 2 is 1.65 bits per heavy atom. The number of carboxylic acid groups (broad SMARTS) is 1. The van der Waals surface area contributed by atoms with Crippen molar-refractivity contribution in [1.29, 1.82) is 0 Å². The number of amides is 1. The number of carboxylic acids is 1. The minimum atomic E-state index is -1.39. The Bertz CT molecular complexity index is 464. The summed E-state index contributed by atoms with van der Waals surface area (Å²) in [6, 6.07) is -0.898. The van der Waals surface area contributed by atoms with Gasteiger partial charge in [0.05, 0.1) is 12.6 Å². The summed E-state index contributed by atoms with van der Waals surface area (Å²) in [5.41, 5.74) is -0.658. The molecule has 1 rings (SSSR count). The minimum absolute atomic E-state index is 0.0228. The minimum Gasteiger partial charge on any atom is -0.480 e. The second-order valence-corrected chi connectivity index (χ2v) is 12.2. The fourth-order valence-electron chi connectivity index (χ4n) is 2.11. The predicted molar refractivity (Wildman–Crippen MR) is 93.0 cm³/mol. The van der Waals surface area contributed by atoms with Gasteiger partial charge in [0.25, 0.3) is 0 Å². The van der Waals surface area contributed by atoms with E-state index in [9.17, 15) is 14.7 Å². The monoisotopic (exact) mass is 349 g/mol. The number of likely N-dealkylation sites (tertiary alicyclic amines) is 1. The van der Waals surface area contributed by atoms with Crippen LogP contribution in [0.2, 0.25) is 0 Å². The van der Waals surface area contributed by atoms with Crippen molar-refractivity contribution in [1.82, 2.24) is 4.90 Å². The van der Waals surface area contributed by atoms with Gasteiger partial charge in [-0.3, -0.25) is 4.90 Å². The van der Waals surface area contributed by atoms with Crippen LogP contribution in [0.3, 0.4) is 0 Å². The molecule has 1 heterocycles. The van der Waals surface area contributed by atoms with Crippen molar-refractivity contribution < 1.29 is 23.6 Å². The number of nitrogens with zero attached hydrogens (tertiary/aromatic N) is 1. The molecule has 136 valence electrons. The first kappa shape index (κ1) is 20.1. The lowest BCUT2D eigenvalue weighted by atomic mass is 10.2. The van der Waals surface area contributed by atoms with Gasteiger partial charge in [-0.2, -0.15) is 0 Å². The van der Waals surface area contributed by atoms with Gasteiger partial charge in [0.2, 0.25) is 0 Å². The van der Waals surface area contributed by atoms with E-state index in [0.29, 0.717) is 6.42 Å². The molecule has 6 nitrogen and oxygen atoms in total. The Morgan fingerprint density at radius 3 is 2.04 bits per heavy atom. The molecule has 0 aliphatic carbocycles. The molecule has 0 unspecified atom stereocenters. The zero-order valence-electron chi connectivity index (χ0n) is 15.5. The maximum absolute atomic E-state index is 12.3. The molecule has 1 N–H and O–H groups in total. The van der Waals surface area contributed by atoms with E-state index < -0.39 is 34.0 Å². The number of hydrogen-bond acceptors (Lipinski definition) is 4. The van der Waals surface area contributed by atoms with Gasteiger partial charge in [0.1, 0.15) is 11.6 Å². The Balaban J connectivity index is 2.87. The van der Waals surface area contributed by atoms with Crippen molar-refractivity contribution in [3.8, 4) is 0 Å². The second kappa shape index (κ2) is 6.51. The average molecular weight is 349 g/mol. The zero-order valence-corrected chi connectivity index (χ0v) is 16.3. The third-order valence-electron chi connectivity index (χ3n) is 4.03. The average Bonchev–Trinajstić information content (AvgIpc) is 2.68. The molecular formula is C16H31NO5S. The van der Waals surface area contributed by atoms with Gasteiger partial charge in [-0.15, -0.1) is 10.3 Å². The molecule has 0 saturated carbocycles. The van der Waals surface area contributed by atoms with Crippen molar-refractivity contribution in [2.24, 2.45) is 0 Å². The maximum atomic E-state index is 12.3. The Kier molecular flexibility index (Phi) is 5.69. The number of carbonyl (C=O) groups is 2. The van der Waals surface area contributed by atoms with Gasteiger partial charge in [0, 0.05) is 11.2 Å². The molecule has 1 aliphatic rings. The SMILES string of the molecule is CC(C)(C)OC(=O)N1C[C@H](OS(C)(C)C(C)(C)C)C[C@H]1C(=O)O. The van der Waals surface area contributed by atoms with Crippen LogP contribution in [-0.4, -0.2) is 63.6 Å². The van der Waals surface area contributed by atoms with E-state index in [1.165, 1.54) is 4.90 Å². The molecule has 1 aliphatic heterocycles. The van der Waals surface area contributed by atoms with Crippen LogP contribution in [0.1, 0.15) is 48.0 Å². The van der Waals surface area contributed by atoms with Crippen LogP contribution in [0.15, 0.2) is 0 Å². The Morgan fingerprint density at radius 1 is 1.13 bits per heavy atom. The Hall–Kier alpha value is -0.950. The normalized spacial score (nSPS) is 23.7. The molecule has 0 aromatic carbocycles. The summed E-state index contributed by atoms with van der Waals surface area (Å²) in [6.45, 7) is 11.9. The van der Waals surface area contributed by atoms with Gasteiger partial charge in [-0.05, 0) is 33.3 Å². The molecule has 7 heteroatoms. The fourth-order valence-corrected chi connectivity index (χ4v) is 3.22. The summed E-state index contributed by atoms with van der Waals surface area (Å²) < 4.78 is 11.5. The van der Waals surface area contributed by atoms with E-state index >= 15 is 0 Å². The van der Waals surface area contributed by atoms with Crippen molar-refractivity contribution in [2.75, 3.05) is 19.1 Å². The first-order chi connectivity index (χ1) is 10.1. The molecule has 0 aromatic heterocycles. The van der Waals surface area contributed by atoms with E-state index in [0.717, 1.165) is 0 Å². The summed E-state index contributed by atoms with van der Waals surface area (Å²) >= 11 is 0. The molecule has 1 fully saturated rings. The summed E-state index contributed by atoms with van der Waals surface area (Å²) in [5, 5.41) is 9.41. The van der Waals surface area contributed by atoms with Crippen LogP contribution < -0.4 is 0 Å². The first-order valence-corrected chi connectivity index (χ1v) is 10.1. The van der Waals surface area contributed by atoms with Crippen LogP contribution in [0.4, 0.5) is 4.79 Å².